The number of nitrogens with zero attached hydrogens (tertiary/aromatic N) is 3. The van der Waals surface area contributed by atoms with Crippen LogP contribution >= 0.6 is 11.3 Å². The molecule has 1 aromatic carbocycles. The van der Waals surface area contributed by atoms with Crippen molar-refractivity contribution >= 4 is 28.1 Å². The second kappa shape index (κ2) is 7.67. The molecule has 0 saturated carbocycles. The molecule has 27 heavy (non-hydrogen) atoms. The fraction of sp³-hybridized carbons (Fsp3) is 0.278. The van der Waals surface area contributed by atoms with Crippen molar-refractivity contribution in [1.29, 1.82) is 0 Å². The molecule has 1 amide bonds. The van der Waals surface area contributed by atoms with E-state index >= 15 is 0 Å². The number of carbonyl (C=O) groups excluding carboxylic acids is 1. The maximum absolute atomic E-state index is 12.2. The lowest BCUT2D eigenvalue weighted by Crippen LogP contribution is -2.12. The van der Waals surface area contributed by atoms with Gasteiger partial charge in [-0.2, -0.15) is 0 Å². The second-order valence-electron chi connectivity index (χ2n) is 6.15. The molecule has 0 fully saturated rings. The zero-order valence-electron chi connectivity index (χ0n) is 15.1. The van der Waals surface area contributed by atoms with E-state index in [2.05, 4.69) is 15.5 Å². The molecule has 0 saturated heterocycles. The molecule has 0 radical (unpaired) electrons. The van der Waals surface area contributed by atoms with Crippen molar-refractivity contribution in [3.05, 3.63) is 56.3 Å². The van der Waals surface area contributed by atoms with E-state index in [1.807, 2.05) is 13.8 Å². The van der Waals surface area contributed by atoms with E-state index in [1.54, 1.807) is 24.4 Å². The van der Waals surface area contributed by atoms with Crippen LogP contribution in [0.3, 0.4) is 0 Å². The Morgan fingerprint density at radius 1 is 1.33 bits per heavy atom. The molecule has 0 aliphatic rings. The Bertz CT molecular complexity index is 989. The monoisotopic (exact) mass is 386 g/mol. The van der Waals surface area contributed by atoms with Gasteiger partial charge in [-0.1, -0.05) is 17.3 Å². The molecule has 0 bridgehead atoms. The van der Waals surface area contributed by atoms with E-state index in [1.165, 1.54) is 17.4 Å². The van der Waals surface area contributed by atoms with Gasteiger partial charge in [0.25, 0.3) is 5.69 Å². The molecule has 9 heteroatoms. The summed E-state index contributed by atoms with van der Waals surface area (Å²) < 4.78 is 5.09. The Kier molecular flexibility index (Phi) is 5.31. The van der Waals surface area contributed by atoms with Crippen LogP contribution in [0.1, 0.15) is 29.0 Å². The summed E-state index contributed by atoms with van der Waals surface area (Å²) in [5.41, 5.74) is 3.59. The number of hydrogen-bond donors (Lipinski definition) is 1. The van der Waals surface area contributed by atoms with Gasteiger partial charge in [0.1, 0.15) is 5.76 Å². The van der Waals surface area contributed by atoms with Gasteiger partial charge in [0, 0.05) is 34.6 Å². The van der Waals surface area contributed by atoms with Crippen molar-refractivity contribution < 1.29 is 14.2 Å². The van der Waals surface area contributed by atoms with E-state index < -0.39 is 4.92 Å². The van der Waals surface area contributed by atoms with E-state index in [4.69, 9.17) is 4.52 Å². The topological polar surface area (TPSA) is 111 Å². The Labute approximate surface area is 159 Å². The zero-order chi connectivity index (χ0) is 19.6. The summed E-state index contributed by atoms with van der Waals surface area (Å²) >= 11 is 1.28. The number of amides is 1. The highest BCUT2D eigenvalue weighted by atomic mass is 32.1. The average molecular weight is 386 g/mol. The first-order chi connectivity index (χ1) is 12.8. The number of anilines is 1. The van der Waals surface area contributed by atoms with Crippen LogP contribution in [0.15, 0.2) is 28.1 Å². The van der Waals surface area contributed by atoms with Gasteiger partial charge in [-0.15, -0.1) is 11.3 Å². The minimum absolute atomic E-state index is 0.0468. The molecule has 0 unspecified atom stereocenters. The number of hydrogen-bond acceptors (Lipinski definition) is 7. The number of aryl methyl sites for hydroxylation is 3. The molecule has 0 aliphatic heterocycles. The summed E-state index contributed by atoms with van der Waals surface area (Å²) in [6, 6.07) is 4.96. The number of aromatic nitrogens is 2. The van der Waals surface area contributed by atoms with Crippen LogP contribution in [-0.4, -0.2) is 21.0 Å². The van der Waals surface area contributed by atoms with Gasteiger partial charge in [-0.05, 0) is 27.2 Å². The number of benzene rings is 1. The number of rotatable bonds is 6. The van der Waals surface area contributed by atoms with Crippen molar-refractivity contribution in [3.63, 3.8) is 0 Å². The molecule has 0 atom stereocenters. The minimum Gasteiger partial charge on any atom is -0.361 e. The van der Waals surface area contributed by atoms with Gasteiger partial charge in [0.05, 0.1) is 16.3 Å². The third-order valence-corrected chi connectivity index (χ3v) is 4.99. The lowest BCUT2D eigenvalue weighted by atomic mass is 10.1. The fourth-order valence-electron chi connectivity index (χ4n) is 2.71. The van der Waals surface area contributed by atoms with Crippen molar-refractivity contribution in [2.24, 2.45) is 0 Å². The summed E-state index contributed by atoms with van der Waals surface area (Å²) in [4.78, 5) is 27.2. The summed E-state index contributed by atoms with van der Waals surface area (Å²) in [6.07, 6.45) is 0.823. The lowest BCUT2D eigenvalue weighted by Gasteiger charge is -2.02. The molecule has 1 N–H and O–H groups in total. The van der Waals surface area contributed by atoms with Crippen LogP contribution in [0.5, 0.6) is 0 Å². The number of thiazole rings is 1. The first kappa shape index (κ1) is 18.7. The van der Waals surface area contributed by atoms with Gasteiger partial charge in [0.15, 0.2) is 5.13 Å². The Hall–Kier alpha value is -3.07. The van der Waals surface area contributed by atoms with Crippen molar-refractivity contribution in [2.75, 3.05) is 5.32 Å². The predicted octanol–water partition coefficient (Wildman–Crippen LogP) is 4.20. The summed E-state index contributed by atoms with van der Waals surface area (Å²) in [5.74, 6) is 0.559. The third kappa shape index (κ3) is 4.20. The van der Waals surface area contributed by atoms with Gasteiger partial charge in [-0.25, -0.2) is 4.98 Å². The molecule has 0 aliphatic carbocycles. The van der Waals surface area contributed by atoms with E-state index in [0.717, 1.165) is 17.0 Å². The van der Waals surface area contributed by atoms with Crippen molar-refractivity contribution in [3.8, 4) is 11.3 Å². The molecule has 140 valence electrons. The highest BCUT2D eigenvalue weighted by molar-refractivity contribution is 7.14. The number of nitrogens with one attached hydrogen (secondary N) is 1. The number of nitro groups is 1. The predicted molar refractivity (Wildman–Crippen MR) is 102 cm³/mol. The number of carbonyl (C=O) groups is 1. The van der Waals surface area contributed by atoms with Crippen LogP contribution < -0.4 is 5.32 Å². The van der Waals surface area contributed by atoms with Gasteiger partial charge >= 0.3 is 0 Å². The van der Waals surface area contributed by atoms with Gasteiger partial charge in [-0.3, -0.25) is 14.9 Å². The summed E-state index contributed by atoms with van der Waals surface area (Å²) in [5, 5.41) is 20.0. The summed E-state index contributed by atoms with van der Waals surface area (Å²) in [7, 11) is 0. The average Bonchev–Trinajstić information content (AvgIpc) is 3.20. The van der Waals surface area contributed by atoms with E-state index in [0.29, 0.717) is 28.4 Å². The maximum atomic E-state index is 12.2. The molecule has 8 nitrogen and oxygen atoms in total. The fourth-order valence-corrected chi connectivity index (χ4v) is 3.44. The lowest BCUT2D eigenvalue weighted by molar-refractivity contribution is -0.385. The SMILES string of the molecule is Cc1ccc(-c2csc(NC(=O)CCc3c(C)noc3C)n2)cc1[N+](=O)[O-]. The van der Waals surface area contributed by atoms with E-state index in [9.17, 15) is 14.9 Å². The molecule has 0 spiro atoms. The zero-order valence-corrected chi connectivity index (χ0v) is 15.9. The number of nitro benzene ring substituents is 1. The van der Waals surface area contributed by atoms with Crippen LogP contribution in [0.4, 0.5) is 10.8 Å². The minimum atomic E-state index is -0.414. The standard InChI is InChI=1S/C18H18N4O4S/c1-10-4-5-13(8-16(10)22(24)25)15-9-27-18(19-15)20-17(23)7-6-14-11(2)21-26-12(14)3/h4-5,8-9H,6-7H2,1-3H3,(H,19,20,23). The van der Waals surface area contributed by atoms with Gasteiger partial charge < -0.3 is 9.84 Å². The molecular weight excluding hydrogens is 368 g/mol. The highest BCUT2D eigenvalue weighted by Crippen LogP contribution is 2.29. The van der Waals surface area contributed by atoms with Crippen LogP contribution in [-0.2, 0) is 11.2 Å². The molecule has 3 aromatic rings. The summed E-state index contributed by atoms with van der Waals surface area (Å²) in [6.45, 7) is 5.35. The molecule has 2 aromatic heterocycles. The molecule has 2 heterocycles. The van der Waals surface area contributed by atoms with Crippen LogP contribution in [0, 0.1) is 30.9 Å². The second-order valence-corrected chi connectivity index (χ2v) is 7.01. The Morgan fingerprint density at radius 3 is 2.78 bits per heavy atom. The van der Waals surface area contributed by atoms with Crippen LogP contribution in [0.25, 0.3) is 11.3 Å². The van der Waals surface area contributed by atoms with E-state index in [-0.39, 0.29) is 18.0 Å². The Balaban J connectivity index is 1.66. The first-order valence-corrected chi connectivity index (χ1v) is 9.15. The van der Waals surface area contributed by atoms with Crippen molar-refractivity contribution in [1.82, 2.24) is 10.1 Å². The largest absolute Gasteiger partial charge is 0.361 e. The van der Waals surface area contributed by atoms with Crippen molar-refractivity contribution in [2.45, 2.75) is 33.6 Å². The Morgan fingerprint density at radius 2 is 2.11 bits per heavy atom. The van der Waals surface area contributed by atoms with Gasteiger partial charge in [0.2, 0.25) is 5.91 Å². The smallest absolute Gasteiger partial charge is 0.272 e. The third-order valence-electron chi connectivity index (χ3n) is 4.24. The molecule has 3 rings (SSSR count). The first-order valence-electron chi connectivity index (χ1n) is 8.27. The maximum Gasteiger partial charge on any atom is 0.272 e. The molecular formula is C18H18N4O4S. The quantitative estimate of drug-likeness (QED) is 0.502. The van der Waals surface area contributed by atoms with Crippen LogP contribution in [0.2, 0.25) is 0 Å². The highest BCUT2D eigenvalue weighted by Gasteiger charge is 2.15. The normalized spacial score (nSPS) is 10.8.